The Kier molecular flexibility index (Phi) is 5.52. The molecule has 0 saturated carbocycles. The summed E-state index contributed by atoms with van der Waals surface area (Å²) >= 11 is 0. The Morgan fingerprint density at radius 2 is 2.35 bits per heavy atom. The summed E-state index contributed by atoms with van der Waals surface area (Å²) in [4.78, 5) is 9.26. The fraction of sp³-hybridized carbons (Fsp3) is 0.688. The van der Waals surface area contributed by atoms with E-state index in [0.29, 0.717) is 12.6 Å². The first-order chi connectivity index (χ1) is 9.67. The summed E-state index contributed by atoms with van der Waals surface area (Å²) in [7, 11) is 2.19. The van der Waals surface area contributed by atoms with E-state index in [2.05, 4.69) is 41.7 Å². The number of nitrogens with zero attached hydrogens (tertiary/aromatic N) is 3. The maximum absolute atomic E-state index is 6.03. The second kappa shape index (κ2) is 7.16. The van der Waals surface area contributed by atoms with Gasteiger partial charge in [0.15, 0.2) is 0 Å². The average Bonchev–Trinajstić information content (AvgIpc) is 2.89. The van der Waals surface area contributed by atoms with Crippen molar-refractivity contribution in [1.82, 2.24) is 14.8 Å². The number of hydrogen-bond donors (Lipinski definition) is 1. The molecule has 4 nitrogen and oxygen atoms in total. The molecule has 1 fully saturated rings. The van der Waals surface area contributed by atoms with Crippen LogP contribution in [0.15, 0.2) is 18.5 Å². The number of nitrogens with two attached hydrogens (primary N) is 1. The highest BCUT2D eigenvalue weighted by molar-refractivity contribution is 5.25. The summed E-state index contributed by atoms with van der Waals surface area (Å²) in [6, 6.07) is 3.01. The Balaban J connectivity index is 2.06. The van der Waals surface area contributed by atoms with Crippen LogP contribution in [0.25, 0.3) is 0 Å². The van der Waals surface area contributed by atoms with E-state index in [1.807, 2.05) is 12.4 Å². The highest BCUT2D eigenvalue weighted by Crippen LogP contribution is 2.24. The van der Waals surface area contributed by atoms with E-state index in [0.717, 1.165) is 13.1 Å². The van der Waals surface area contributed by atoms with Crippen molar-refractivity contribution >= 4 is 0 Å². The highest BCUT2D eigenvalue weighted by atomic mass is 15.2. The molecule has 0 radical (unpaired) electrons. The predicted octanol–water partition coefficient (Wildman–Crippen LogP) is 1.81. The van der Waals surface area contributed by atoms with Crippen LogP contribution in [0.1, 0.15) is 36.9 Å². The number of likely N-dealkylation sites (N-methyl/N-ethyl adjacent to an activating group) is 2. The van der Waals surface area contributed by atoms with Crippen LogP contribution in [0.2, 0.25) is 0 Å². The number of rotatable bonds is 6. The smallest absolute Gasteiger partial charge is 0.0485 e. The molecular weight excluding hydrogens is 248 g/mol. The third kappa shape index (κ3) is 3.37. The van der Waals surface area contributed by atoms with E-state index in [9.17, 15) is 0 Å². The van der Waals surface area contributed by atoms with Crippen LogP contribution in [-0.2, 0) is 0 Å². The zero-order valence-electron chi connectivity index (χ0n) is 13.0. The lowest BCUT2D eigenvalue weighted by Crippen LogP contribution is -2.42. The minimum Gasteiger partial charge on any atom is -0.329 e. The molecule has 2 rings (SSSR count). The largest absolute Gasteiger partial charge is 0.329 e. The number of aromatic nitrogens is 1. The number of aryl methyl sites for hydroxylation is 1. The van der Waals surface area contributed by atoms with Gasteiger partial charge in [0.2, 0.25) is 0 Å². The summed E-state index contributed by atoms with van der Waals surface area (Å²) in [5.41, 5.74) is 8.57. The molecule has 0 bridgehead atoms. The van der Waals surface area contributed by atoms with Gasteiger partial charge in [0, 0.05) is 37.6 Å². The van der Waals surface area contributed by atoms with Crippen LogP contribution in [0.3, 0.4) is 0 Å². The molecule has 20 heavy (non-hydrogen) atoms. The van der Waals surface area contributed by atoms with Crippen LogP contribution in [0.4, 0.5) is 0 Å². The summed E-state index contributed by atoms with van der Waals surface area (Å²) in [5.74, 6) is 0. The monoisotopic (exact) mass is 276 g/mol. The van der Waals surface area contributed by atoms with Crippen molar-refractivity contribution in [1.29, 1.82) is 0 Å². The van der Waals surface area contributed by atoms with Gasteiger partial charge in [-0.2, -0.15) is 0 Å². The third-order valence-corrected chi connectivity index (χ3v) is 4.60. The lowest BCUT2D eigenvalue weighted by atomic mass is 10.0. The van der Waals surface area contributed by atoms with Crippen molar-refractivity contribution in [3.05, 3.63) is 29.6 Å². The van der Waals surface area contributed by atoms with E-state index in [1.165, 1.54) is 30.5 Å². The topological polar surface area (TPSA) is 45.4 Å². The molecule has 1 aromatic heterocycles. The molecule has 0 aliphatic carbocycles. The molecule has 0 amide bonds. The molecule has 1 aromatic rings. The van der Waals surface area contributed by atoms with Gasteiger partial charge >= 0.3 is 0 Å². The van der Waals surface area contributed by atoms with Crippen LogP contribution in [0.5, 0.6) is 0 Å². The van der Waals surface area contributed by atoms with Gasteiger partial charge < -0.3 is 5.73 Å². The van der Waals surface area contributed by atoms with Gasteiger partial charge in [0.05, 0.1) is 0 Å². The van der Waals surface area contributed by atoms with Crippen LogP contribution in [0, 0.1) is 6.92 Å². The van der Waals surface area contributed by atoms with Crippen molar-refractivity contribution in [3.63, 3.8) is 0 Å². The van der Waals surface area contributed by atoms with E-state index in [1.54, 1.807) is 0 Å². The molecular formula is C16H28N4. The Morgan fingerprint density at radius 3 is 3.00 bits per heavy atom. The summed E-state index contributed by atoms with van der Waals surface area (Å²) in [6.45, 7) is 8.52. The van der Waals surface area contributed by atoms with Gasteiger partial charge in [-0.3, -0.25) is 14.8 Å². The molecule has 2 atom stereocenters. The molecule has 0 aromatic carbocycles. The number of hydrogen-bond acceptors (Lipinski definition) is 4. The van der Waals surface area contributed by atoms with Crippen LogP contribution in [-0.4, -0.2) is 54.1 Å². The lowest BCUT2D eigenvalue weighted by molar-refractivity contribution is 0.165. The maximum Gasteiger partial charge on any atom is 0.0485 e. The second-order valence-corrected chi connectivity index (χ2v) is 5.85. The third-order valence-electron chi connectivity index (χ3n) is 4.60. The zero-order valence-corrected chi connectivity index (χ0v) is 13.0. The van der Waals surface area contributed by atoms with Crippen molar-refractivity contribution in [2.75, 3.05) is 33.2 Å². The normalized spacial score (nSPS) is 21.6. The first-order valence-electron chi connectivity index (χ1n) is 7.72. The van der Waals surface area contributed by atoms with Gasteiger partial charge in [0.25, 0.3) is 0 Å². The van der Waals surface area contributed by atoms with Gasteiger partial charge in [-0.1, -0.05) is 6.92 Å². The molecule has 112 valence electrons. The van der Waals surface area contributed by atoms with E-state index in [-0.39, 0.29) is 6.04 Å². The van der Waals surface area contributed by atoms with Crippen LogP contribution >= 0.6 is 0 Å². The van der Waals surface area contributed by atoms with Gasteiger partial charge in [-0.25, -0.2) is 0 Å². The fourth-order valence-electron chi connectivity index (χ4n) is 3.35. The Hall–Kier alpha value is -0.970. The zero-order chi connectivity index (χ0) is 14.5. The quantitative estimate of drug-likeness (QED) is 0.860. The summed E-state index contributed by atoms with van der Waals surface area (Å²) in [5, 5.41) is 0. The fourth-order valence-corrected chi connectivity index (χ4v) is 3.35. The first kappa shape index (κ1) is 15.4. The molecule has 2 N–H and O–H groups in total. The second-order valence-electron chi connectivity index (χ2n) is 5.85. The van der Waals surface area contributed by atoms with E-state index < -0.39 is 0 Å². The Bertz CT molecular complexity index is 421. The van der Waals surface area contributed by atoms with Gasteiger partial charge in [0.1, 0.15) is 0 Å². The van der Waals surface area contributed by atoms with Crippen molar-refractivity contribution in [3.8, 4) is 0 Å². The highest BCUT2D eigenvalue weighted by Gasteiger charge is 2.27. The molecule has 2 heterocycles. The van der Waals surface area contributed by atoms with Crippen molar-refractivity contribution in [2.45, 2.75) is 38.8 Å². The van der Waals surface area contributed by atoms with Gasteiger partial charge in [-0.15, -0.1) is 0 Å². The molecule has 1 aliphatic heterocycles. The van der Waals surface area contributed by atoms with Gasteiger partial charge in [-0.05, 0) is 57.1 Å². The molecule has 1 saturated heterocycles. The minimum atomic E-state index is 0.267. The average molecular weight is 276 g/mol. The molecule has 2 unspecified atom stereocenters. The first-order valence-corrected chi connectivity index (χ1v) is 7.72. The van der Waals surface area contributed by atoms with E-state index in [4.69, 9.17) is 5.73 Å². The molecule has 1 aliphatic rings. The van der Waals surface area contributed by atoms with Crippen molar-refractivity contribution in [2.24, 2.45) is 5.73 Å². The molecule has 0 spiro atoms. The Labute approximate surface area is 123 Å². The number of pyridine rings is 1. The standard InChI is InChI=1S/C16H28N4/c1-4-20-9-5-6-14(20)12-19(3)16(10-17)15-11-18-8-7-13(15)2/h7-8,11,14,16H,4-6,9-10,12,17H2,1-3H3. The predicted molar refractivity (Wildman–Crippen MR) is 83.7 cm³/mol. The molecule has 4 heteroatoms. The summed E-state index contributed by atoms with van der Waals surface area (Å²) < 4.78 is 0. The SMILES string of the molecule is CCN1CCCC1CN(C)C(CN)c1cnccc1C. The van der Waals surface area contributed by atoms with Crippen molar-refractivity contribution < 1.29 is 0 Å². The number of likely N-dealkylation sites (tertiary alicyclic amines) is 1. The van der Waals surface area contributed by atoms with E-state index >= 15 is 0 Å². The summed E-state index contributed by atoms with van der Waals surface area (Å²) in [6.07, 6.45) is 6.45. The Morgan fingerprint density at radius 1 is 1.55 bits per heavy atom. The maximum atomic E-state index is 6.03. The van der Waals surface area contributed by atoms with Crippen LogP contribution < -0.4 is 5.73 Å². The lowest BCUT2D eigenvalue weighted by Gasteiger charge is -2.33. The minimum absolute atomic E-state index is 0.267.